The second-order valence-corrected chi connectivity index (χ2v) is 7.61. The number of anilines is 1. The van der Waals surface area contributed by atoms with E-state index in [4.69, 9.17) is 21.3 Å². The number of carbonyl (C=O) groups excluding carboxylic acids is 2. The number of carbonyl (C=O) groups is 2. The first kappa shape index (κ1) is 20.8. The van der Waals surface area contributed by atoms with Crippen LogP contribution < -0.4 is 5.32 Å². The highest BCUT2D eigenvalue weighted by Crippen LogP contribution is 2.23. The van der Waals surface area contributed by atoms with Gasteiger partial charge < -0.3 is 10.1 Å². The molecular formula is C23H21ClN4O3. The first-order valence-corrected chi connectivity index (χ1v) is 10.3. The summed E-state index contributed by atoms with van der Waals surface area (Å²) < 4.78 is 6.93. The Morgan fingerprint density at radius 1 is 1.10 bits per heavy atom. The Morgan fingerprint density at radius 2 is 1.84 bits per heavy atom. The van der Waals surface area contributed by atoms with Gasteiger partial charge in [0.15, 0.2) is 12.3 Å². The van der Waals surface area contributed by atoms with Gasteiger partial charge in [0.25, 0.3) is 5.91 Å². The van der Waals surface area contributed by atoms with Gasteiger partial charge in [-0.25, -0.2) is 9.50 Å². The second-order valence-electron chi connectivity index (χ2n) is 7.20. The molecular weight excluding hydrogens is 416 g/mol. The number of halogens is 1. The molecule has 0 aliphatic rings. The van der Waals surface area contributed by atoms with Gasteiger partial charge in [-0.15, -0.1) is 0 Å². The Morgan fingerprint density at radius 3 is 2.65 bits per heavy atom. The molecule has 0 saturated heterocycles. The largest absolute Gasteiger partial charge is 0.456 e. The number of aryl methyl sites for hydroxylation is 2. The molecule has 8 heteroatoms. The zero-order valence-corrected chi connectivity index (χ0v) is 17.9. The van der Waals surface area contributed by atoms with Crippen LogP contribution in [-0.4, -0.2) is 33.1 Å². The van der Waals surface area contributed by atoms with Crippen LogP contribution in [0.1, 0.15) is 23.4 Å². The van der Waals surface area contributed by atoms with Crippen molar-refractivity contribution in [1.82, 2.24) is 14.6 Å². The smallest absolute Gasteiger partial charge is 0.306 e. The Labute approximate surface area is 184 Å². The number of hydrogen-bond donors (Lipinski definition) is 1. The second kappa shape index (κ2) is 8.73. The number of aromatic nitrogens is 3. The maximum Gasteiger partial charge on any atom is 0.306 e. The SMILES string of the molecule is Cc1nc2c3ccccc3nn2c(C)c1CCC(=O)OCC(=O)Nc1ccccc1Cl. The van der Waals surface area contributed by atoms with E-state index in [1.54, 1.807) is 24.3 Å². The van der Waals surface area contributed by atoms with Gasteiger partial charge in [-0.3, -0.25) is 9.59 Å². The summed E-state index contributed by atoms with van der Waals surface area (Å²) in [6, 6.07) is 14.7. The molecule has 4 aromatic rings. The van der Waals surface area contributed by atoms with Crippen molar-refractivity contribution in [1.29, 1.82) is 0 Å². The molecule has 31 heavy (non-hydrogen) atoms. The molecule has 2 aromatic carbocycles. The highest BCUT2D eigenvalue weighted by atomic mass is 35.5. The summed E-state index contributed by atoms with van der Waals surface area (Å²) in [5, 5.41) is 8.65. The van der Waals surface area contributed by atoms with Crippen molar-refractivity contribution in [3.63, 3.8) is 0 Å². The number of fused-ring (bicyclic) bond motifs is 3. The predicted molar refractivity (Wildman–Crippen MR) is 119 cm³/mol. The van der Waals surface area contributed by atoms with Crippen molar-refractivity contribution in [2.75, 3.05) is 11.9 Å². The molecule has 0 aliphatic carbocycles. The van der Waals surface area contributed by atoms with Crippen LogP contribution in [0, 0.1) is 13.8 Å². The summed E-state index contributed by atoms with van der Waals surface area (Å²) in [6.45, 7) is 3.52. The van der Waals surface area contributed by atoms with Crippen molar-refractivity contribution in [3.05, 3.63) is 70.5 Å². The van der Waals surface area contributed by atoms with Gasteiger partial charge in [0.1, 0.15) is 0 Å². The zero-order valence-electron chi connectivity index (χ0n) is 17.2. The van der Waals surface area contributed by atoms with E-state index in [9.17, 15) is 9.59 Å². The summed E-state index contributed by atoms with van der Waals surface area (Å²) in [6.07, 6.45) is 0.580. The molecule has 0 unspecified atom stereocenters. The van der Waals surface area contributed by atoms with Gasteiger partial charge >= 0.3 is 5.97 Å². The average Bonchev–Trinajstić information content (AvgIpc) is 3.12. The summed E-state index contributed by atoms with van der Waals surface area (Å²) in [7, 11) is 0. The Hall–Kier alpha value is -3.45. The molecule has 0 atom stereocenters. The minimum absolute atomic E-state index is 0.134. The fourth-order valence-electron chi connectivity index (χ4n) is 3.53. The number of amides is 1. The van der Waals surface area contributed by atoms with E-state index in [1.165, 1.54) is 0 Å². The summed E-state index contributed by atoms with van der Waals surface area (Å²) in [4.78, 5) is 28.9. The Kier molecular flexibility index (Phi) is 5.86. The van der Waals surface area contributed by atoms with Crippen LogP contribution in [0.25, 0.3) is 16.6 Å². The fraction of sp³-hybridized carbons (Fsp3) is 0.217. The monoisotopic (exact) mass is 436 g/mol. The number of ether oxygens (including phenoxy) is 1. The first-order chi connectivity index (χ1) is 14.9. The summed E-state index contributed by atoms with van der Waals surface area (Å²) >= 11 is 6.01. The molecule has 158 valence electrons. The number of hydrogen-bond acceptors (Lipinski definition) is 5. The average molecular weight is 437 g/mol. The number of para-hydroxylation sites is 1. The molecule has 1 N–H and O–H groups in total. The highest BCUT2D eigenvalue weighted by Gasteiger charge is 2.16. The van der Waals surface area contributed by atoms with Crippen molar-refractivity contribution in [2.24, 2.45) is 0 Å². The van der Waals surface area contributed by atoms with E-state index in [2.05, 4.69) is 10.4 Å². The van der Waals surface area contributed by atoms with E-state index in [-0.39, 0.29) is 13.0 Å². The third-order valence-corrected chi connectivity index (χ3v) is 5.44. The van der Waals surface area contributed by atoms with Gasteiger partial charge in [-0.1, -0.05) is 35.9 Å². The van der Waals surface area contributed by atoms with Crippen LogP contribution in [0.4, 0.5) is 5.69 Å². The minimum atomic E-state index is -0.459. The van der Waals surface area contributed by atoms with Gasteiger partial charge in [0, 0.05) is 23.2 Å². The van der Waals surface area contributed by atoms with Crippen LogP contribution in [0.2, 0.25) is 5.02 Å². The van der Waals surface area contributed by atoms with E-state index in [0.717, 1.165) is 33.5 Å². The molecule has 2 heterocycles. The third-order valence-electron chi connectivity index (χ3n) is 5.11. The lowest BCUT2D eigenvalue weighted by atomic mass is 10.1. The van der Waals surface area contributed by atoms with Crippen molar-refractivity contribution < 1.29 is 14.3 Å². The van der Waals surface area contributed by atoms with Crippen LogP contribution in [0.5, 0.6) is 0 Å². The molecule has 0 bridgehead atoms. The molecule has 0 saturated carbocycles. The normalized spacial score (nSPS) is 11.1. The van der Waals surface area contributed by atoms with Crippen LogP contribution >= 0.6 is 11.6 Å². The van der Waals surface area contributed by atoms with E-state index < -0.39 is 11.9 Å². The molecule has 2 aromatic heterocycles. The molecule has 0 radical (unpaired) electrons. The van der Waals surface area contributed by atoms with Crippen LogP contribution in [0.3, 0.4) is 0 Å². The topological polar surface area (TPSA) is 85.6 Å². The maximum absolute atomic E-state index is 12.2. The van der Waals surface area contributed by atoms with Crippen molar-refractivity contribution in [3.8, 4) is 0 Å². The molecule has 0 spiro atoms. The number of rotatable bonds is 6. The highest BCUT2D eigenvalue weighted by molar-refractivity contribution is 6.33. The molecule has 4 rings (SSSR count). The lowest BCUT2D eigenvalue weighted by molar-refractivity contribution is -0.147. The van der Waals surface area contributed by atoms with E-state index in [1.807, 2.05) is 42.6 Å². The lowest BCUT2D eigenvalue weighted by Crippen LogP contribution is -2.21. The number of nitrogens with one attached hydrogen (secondary N) is 1. The Bertz CT molecular complexity index is 1300. The van der Waals surface area contributed by atoms with Crippen molar-refractivity contribution >= 4 is 45.7 Å². The minimum Gasteiger partial charge on any atom is -0.456 e. The van der Waals surface area contributed by atoms with Crippen molar-refractivity contribution in [2.45, 2.75) is 26.7 Å². The van der Waals surface area contributed by atoms with Gasteiger partial charge in [-0.2, -0.15) is 5.10 Å². The quantitative estimate of drug-likeness (QED) is 0.456. The third kappa shape index (κ3) is 4.36. The van der Waals surface area contributed by atoms with Crippen LogP contribution in [0.15, 0.2) is 48.5 Å². The van der Waals surface area contributed by atoms with Gasteiger partial charge in [-0.05, 0) is 50.1 Å². The van der Waals surface area contributed by atoms with Gasteiger partial charge in [0.2, 0.25) is 0 Å². The van der Waals surface area contributed by atoms with Gasteiger partial charge in [0.05, 0.1) is 16.2 Å². The van der Waals surface area contributed by atoms with Crippen LogP contribution in [-0.2, 0) is 20.7 Å². The molecule has 1 amide bonds. The number of benzene rings is 2. The summed E-state index contributed by atoms with van der Waals surface area (Å²) in [5.41, 5.74) is 4.87. The fourth-order valence-corrected chi connectivity index (χ4v) is 3.72. The Balaban J connectivity index is 1.39. The van der Waals surface area contributed by atoms with E-state index in [0.29, 0.717) is 17.1 Å². The maximum atomic E-state index is 12.2. The predicted octanol–water partition coefficient (Wildman–Crippen LogP) is 4.27. The lowest BCUT2D eigenvalue weighted by Gasteiger charge is -2.11. The molecule has 7 nitrogen and oxygen atoms in total. The molecule has 0 fully saturated rings. The zero-order chi connectivity index (χ0) is 22.0. The standard InChI is InChI=1S/C23H21ClN4O3/c1-14-16(15(2)28-23(25-14)17-7-3-5-9-19(17)27-28)11-12-22(30)31-13-21(29)26-20-10-6-4-8-18(20)24/h3-10H,11-13H2,1-2H3,(H,26,29). The van der Waals surface area contributed by atoms with E-state index >= 15 is 0 Å². The summed E-state index contributed by atoms with van der Waals surface area (Å²) in [5.74, 6) is -0.904. The number of esters is 1. The first-order valence-electron chi connectivity index (χ1n) is 9.87. The number of nitrogens with zero attached hydrogens (tertiary/aromatic N) is 3. The molecule has 0 aliphatic heterocycles.